The van der Waals surface area contributed by atoms with Crippen LogP contribution in [0.4, 0.5) is 15.8 Å². The van der Waals surface area contributed by atoms with Crippen LogP contribution in [0.15, 0.2) is 110 Å². The van der Waals surface area contributed by atoms with Crippen molar-refractivity contribution in [3.8, 4) is 0 Å². The Morgan fingerprint density at radius 3 is 2.30 bits per heavy atom. The maximum absolute atomic E-state index is 13.4. The number of sulfonamides is 1. The van der Waals surface area contributed by atoms with Gasteiger partial charge in [0.25, 0.3) is 10.0 Å². The van der Waals surface area contributed by atoms with Crippen molar-refractivity contribution in [1.29, 1.82) is 0 Å². The number of thiophene rings is 1. The standard InChI is InChI=1S/C24H19FN2O3S3/c25-18-12-14-19(15-13-18)27(33(29,30)24-11-6-16-31-24)17-23(28)26-21-9-4-5-10-22(21)32-20-7-2-1-3-8-20/h1-16H,17H2,(H,26,28). The topological polar surface area (TPSA) is 66.5 Å². The zero-order valence-electron chi connectivity index (χ0n) is 17.2. The van der Waals surface area contributed by atoms with Gasteiger partial charge in [-0.2, -0.15) is 0 Å². The minimum Gasteiger partial charge on any atom is -0.323 e. The summed E-state index contributed by atoms with van der Waals surface area (Å²) >= 11 is 2.54. The summed E-state index contributed by atoms with van der Waals surface area (Å²) in [5, 5.41) is 4.47. The van der Waals surface area contributed by atoms with Gasteiger partial charge in [-0.25, -0.2) is 12.8 Å². The van der Waals surface area contributed by atoms with E-state index in [9.17, 15) is 17.6 Å². The lowest BCUT2D eigenvalue weighted by Crippen LogP contribution is -2.37. The Kier molecular flexibility index (Phi) is 7.12. The lowest BCUT2D eigenvalue weighted by atomic mass is 10.3. The van der Waals surface area contributed by atoms with Gasteiger partial charge in [0.1, 0.15) is 16.6 Å². The maximum atomic E-state index is 13.4. The molecule has 4 aromatic rings. The highest BCUT2D eigenvalue weighted by Crippen LogP contribution is 2.33. The average molecular weight is 499 g/mol. The summed E-state index contributed by atoms with van der Waals surface area (Å²) in [6, 6.07) is 25.1. The fourth-order valence-corrected chi connectivity index (χ4v) is 6.48. The SMILES string of the molecule is O=C(CN(c1ccc(F)cc1)S(=O)(=O)c1cccs1)Nc1ccccc1Sc1ccccc1. The fraction of sp³-hybridized carbons (Fsp3) is 0.0417. The van der Waals surface area contributed by atoms with E-state index in [2.05, 4.69) is 5.32 Å². The Morgan fingerprint density at radius 1 is 0.909 bits per heavy atom. The van der Waals surface area contributed by atoms with Gasteiger partial charge < -0.3 is 5.32 Å². The molecule has 0 aliphatic carbocycles. The van der Waals surface area contributed by atoms with E-state index >= 15 is 0 Å². The van der Waals surface area contributed by atoms with Crippen LogP contribution in [0.25, 0.3) is 0 Å². The van der Waals surface area contributed by atoms with E-state index in [1.165, 1.54) is 30.0 Å². The Bertz CT molecular complexity index is 1330. The van der Waals surface area contributed by atoms with E-state index in [-0.39, 0.29) is 9.90 Å². The van der Waals surface area contributed by atoms with Crippen molar-refractivity contribution < 1.29 is 17.6 Å². The Morgan fingerprint density at radius 2 is 1.61 bits per heavy atom. The van der Waals surface area contributed by atoms with Crippen LogP contribution in [0.3, 0.4) is 0 Å². The molecule has 33 heavy (non-hydrogen) atoms. The molecule has 3 aromatic carbocycles. The second-order valence-electron chi connectivity index (χ2n) is 6.88. The number of para-hydroxylation sites is 1. The van der Waals surface area contributed by atoms with E-state index in [0.717, 1.165) is 37.6 Å². The van der Waals surface area contributed by atoms with Crippen LogP contribution >= 0.6 is 23.1 Å². The molecule has 0 bridgehead atoms. The van der Waals surface area contributed by atoms with Gasteiger partial charge in [0.2, 0.25) is 5.91 Å². The van der Waals surface area contributed by atoms with E-state index in [0.29, 0.717) is 5.69 Å². The molecule has 0 fully saturated rings. The number of carbonyl (C=O) groups excluding carboxylic acids is 1. The van der Waals surface area contributed by atoms with Crippen molar-refractivity contribution in [2.24, 2.45) is 0 Å². The lowest BCUT2D eigenvalue weighted by Gasteiger charge is -2.23. The first-order chi connectivity index (χ1) is 15.9. The van der Waals surface area contributed by atoms with Gasteiger partial charge >= 0.3 is 0 Å². The van der Waals surface area contributed by atoms with Gasteiger partial charge in [-0.05, 0) is 60.0 Å². The van der Waals surface area contributed by atoms with Crippen molar-refractivity contribution >= 4 is 50.4 Å². The average Bonchev–Trinajstić information content (AvgIpc) is 3.36. The number of benzene rings is 3. The number of rotatable bonds is 8. The molecule has 1 N–H and O–H groups in total. The third kappa shape index (κ3) is 5.62. The predicted octanol–water partition coefficient (Wildman–Crippen LogP) is 5.87. The molecule has 0 unspecified atom stereocenters. The zero-order chi connectivity index (χ0) is 23.3. The highest BCUT2D eigenvalue weighted by molar-refractivity contribution is 7.99. The van der Waals surface area contributed by atoms with E-state index in [4.69, 9.17) is 0 Å². The number of amides is 1. The molecule has 0 radical (unpaired) electrons. The maximum Gasteiger partial charge on any atom is 0.274 e. The summed E-state index contributed by atoms with van der Waals surface area (Å²) < 4.78 is 41.0. The first-order valence-electron chi connectivity index (χ1n) is 9.87. The van der Waals surface area contributed by atoms with Gasteiger partial charge in [-0.1, -0.05) is 48.2 Å². The summed E-state index contributed by atoms with van der Waals surface area (Å²) in [7, 11) is -4.01. The Hall–Kier alpha value is -3.14. The third-order valence-electron chi connectivity index (χ3n) is 4.57. The molecule has 168 valence electrons. The summed E-state index contributed by atoms with van der Waals surface area (Å²) in [6.07, 6.45) is 0. The van der Waals surface area contributed by atoms with Gasteiger partial charge in [-0.15, -0.1) is 11.3 Å². The third-order valence-corrected chi connectivity index (χ3v) is 8.80. The van der Waals surface area contributed by atoms with E-state index in [1.54, 1.807) is 23.6 Å². The molecule has 4 rings (SSSR count). The Balaban J connectivity index is 1.59. The monoisotopic (exact) mass is 498 g/mol. The molecule has 9 heteroatoms. The van der Waals surface area contributed by atoms with Crippen molar-refractivity contribution in [2.75, 3.05) is 16.2 Å². The summed E-state index contributed by atoms with van der Waals surface area (Å²) in [5.41, 5.74) is 0.774. The van der Waals surface area contributed by atoms with Crippen LogP contribution in [-0.4, -0.2) is 20.9 Å². The normalized spacial score (nSPS) is 11.2. The highest BCUT2D eigenvalue weighted by Gasteiger charge is 2.28. The van der Waals surface area contributed by atoms with E-state index in [1.807, 2.05) is 42.5 Å². The van der Waals surface area contributed by atoms with Gasteiger partial charge in [-0.3, -0.25) is 9.10 Å². The quantitative estimate of drug-likeness (QED) is 0.330. The van der Waals surface area contributed by atoms with Crippen molar-refractivity contribution in [3.63, 3.8) is 0 Å². The van der Waals surface area contributed by atoms with Crippen LogP contribution in [-0.2, 0) is 14.8 Å². The fourth-order valence-electron chi connectivity index (χ4n) is 3.04. The number of carbonyl (C=O) groups is 1. The predicted molar refractivity (Wildman–Crippen MR) is 131 cm³/mol. The number of hydrogen-bond donors (Lipinski definition) is 1. The highest BCUT2D eigenvalue weighted by atomic mass is 32.2. The number of nitrogens with one attached hydrogen (secondary N) is 1. The molecule has 1 aromatic heterocycles. The van der Waals surface area contributed by atoms with Crippen LogP contribution in [0.1, 0.15) is 0 Å². The Labute approximate surface area is 199 Å². The molecule has 1 amide bonds. The number of anilines is 2. The van der Waals surface area contributed by atoms with Crippen LogP contribution in [0, 0.1) is 5.82 Å². The molecule has 0 atom stereocenters. The van der Waals surface area contributed by atoms with Gasteiger partial charge in [0.05, 0.1) is 11.4 Å². The molecular formula is C24H19FN2O3S3. The van der Waals surface area contributed by atoms with Crippen LogP contribution < -0.4 is 9.62 Å². The summed E-state index contributed by atoms with van der Waals surface area (Å²) in [6.45, 7) is -0.462. The van der Waals surface area contributed by atoms with Gasteiger partial charge in [0.15, 0.2) is 0 Å². The molecule has 1 heterocycles. The number of nitrogens with zero attached hydrogens (tertiary/aromatic N) is 1. The molecule has 0 spiro atoms. The largest absolute Gasteiger partial charge is 0.323 e. The molecule has 5 nitrogen and oxygen atoms in total. The molecule has 0 saturated heterocycles. The molecular weight excluding hydrogens is 479 g/mol. The van der Waals surface area contributed by atoms with Crippen LogP contribution in [0.2, 0.25) is 0 Å². The lowest BCUT2D eigenvalue weighted by molar-refractivity contribution is -0.114. The second-order valence-corrected chi connectivity index (χ2v) is 11.0. The minimum absolute atomic E-state index is 0.0969. The molecule has 0 aliphatic heterocycles. The number of halogens is 1. The molecule has 0 aliphatic rings. The van der Waals surface area contributed by atoms with E-state index < -0.39 is 28.3 Å². The van der Waals surface area contributed by atoms with Crippen molar-refractivity contribution in [2.45, 2.75) is 14.0 Å². The smallest absolute Gasteiger partial charge is 0.274 e. The first-order valence-corrected chi connectivity index (χ1v) is 13.0. The van der Waals surface area contributed by atoms with Crippen molar-refractivity contribution in [1.82, 2.24) is 0 Å². The summed E-state index contributed by atoms with van der Waals surface area (Å²) in [5.74, 6) is -1.01. The molecule has 0 saturated carbocycles. The number of hydrogen-bond acceptors (Lipinski definition) is 5. The summed E-state index contributed by atoms with van der Waals surface area (Å²) in [4.78, 5) is 14.8. The zero-order valence-corrected chi connectivity index (χ0v) is 19.7. The van der Waals surface area contributed by atoms with Gasteiger partial charge in [0, 0.05) is 9.79 Å². The first kappa shape index (κ1) is 23.0. The van der Waals surface area contributed by atoms with Crippen LogP contribution in [0.5, 0.6) is 0 Å². The minimum atomic E-state index is -4.01. The second kappa shape index (κ2) is 10.2. The van der Waals surface area contributed by atoms with Crippen molar-refractivity contribution in [3.05, 3.63) is 102 Å².